The van der Waals surface area contributed by atoms with Gasteiger partial charge >= 0.3 is 0 Å². The highest BCUT2D eigenvalue weighted by Crippen LogP contribution is 2.29. The van der Waals surface area contributed by atoms with E-state index in [4.69, 9.17) is 23.2 Å². The molecule has 0 nitrogen and oxygen atoms in total. The first kappa shape index (κ1) is 15.1. The van der Waals surface area contributed by atoms with Crippen LogP contribution in [-0.2, 0) is 6.42 Å². The first-order valence-corrected chi connectivity index (χ1v) is 8.02. The Morgan fingerprint density at radius 1 is 1.05 bits per heavy atom. The molecular formula is C16H15Cl2I. The van der Waals surface area contributed by atoms with Crippen molar-refractivity contribution in [2.24, 2.45) is 0 Å². The van der Waals surface area contributed by atoms with Gasteiger partial charge in [0.1, 0.15) is 0 Å². The summed E-state index contributed by atoms with van der Waals surface area (Å²) in [4.78, 5) is 0. The third-order valence-corrected chi connectivity index (χ3v) is 5.27. The minimum Gasteiger partial charge on any atom is -0.117 e. The topological polar surface area (TPSA) is 0 Å². The Balaban J connectivity index is 2.17. The molecule has 0 saturated heterocycles. The van der Waals surface area contributed by atoms with Crippen LogP contribution in [0.25, 0.3) is 0 Å². The molecule has 0 aliphatic carbocycles. The summed E-state index contributed by atoms with van der Waals surface area (Å²) in [7, 11) is 0. The summed E-state index contributed by atoms with van der Waals surface area (Å²) in [6.45, 7) is 4.25. The van der Waals surface area contributed by atoms with Gasteiger partial charge in [0.25, 0.3) is 0 Å². The summed E-state index contributed by atoms with van der Waals surface area (Å²) in [5, 5.41) is 0.723. The van der Waals surface area contributed by atoms with E-state index in [0.29, 0.717) is 0 Å². The molecule has 0 aliphatic heterocycles. The highest BCUT2D eigenvalue weighted by atomic mass is 127. The summed E-state index contributed by atoms with van der Waals surface area (Å²) in [6, 6.07) is 12.5. The molecule has 0 aliphatic rings. The minimum absolute atomic E-state index is 0.0448. The monoisotopic (exact) mass is 404 g/mol. The summed E-state index contributed by atoms with van der Waals surface area (Å²) in [5.74, 6) is 0. The molecule has 0 N–H and O–H groups in total. The van der Waals surface area contributed by atoms with Gasteiger partial charge in [0.05, 0.1) is 10.4 Å². The normalized spacial score (nSPS) is 12.5. The van der Waals surface area contributed by atoms with Crippen molar-refractivity contribution in [3.63, 3.8) is 0 Å². The summed E-state index contributed by atoms with van der Waals surface area (Å²) in [6.07, 6.45) is 0.819. The quantitative estimate of drug-likeness (QED) is 0.429. The van der Waals surface area contributed by atoms with Crippen LogP contribution < -0.4 is 0 Å². The third-order valence-electron chi connectivity index (χ3n) is 3.29. The van der Waals surface area contributed by atoms with Crippen molar-refractivity contribution in [1.82, 2.24) is 0 Å². The number of halogens is 3. The van der Waals surface area contributed by atoms with Gasteiger partial charge in [-0.15, -0.1) is 11.6 Å². The van der Waals surface area contributed by atoms with Crippen molar-refractivity contribution in [3.05, 3.63) is 67.2 Å². The Labute approximate surface area is 138 Å². The highest BCUT2D eigenvalue weighted by molar-refractivity contribution is 14.1. The maximum atomic E-state index is 6.50. The zero-order valence-corrected chi connectivity index (χ0v) is 14.6. The highest BCUT2D eigenvalue weighted by Gasteiger charge is 2.11. The molecule has 2 rings (SSSR count). The van der Waals surface area contributed by atoms with Gasteiger partial charge in [-0.05, 0) is 77.2 Å². The molecule has 2 aromatic rings. The second-order valence-corrected chi connectivity index (χ2v) is 6.86. The van der Waals surface area contributed by atoms with Crippen LogP contribution in [0, 0.1) is 17.4 Å². The van der Waals surface area contributed by atoms with Crippen LogP contribution in [0.3, 0.4) is 0 Å². The number of aryl methyl sites for hydroxylation is 2. The molecule has 0 heterocycles. The lowest BCUT2D eigenvalue weighted by Crippen LogP contribution is -1.97. The van der Waals surface area contributed by atoms with Gasteiger partial charge in [-0.2, -0.15) is 0 Å². The Morgan fingerprint density at radius 2 is 1.79 bits per heavy atom. The molecular weight excluding hydrogens is 390 g/mol. The zero-order chi connectivity index (χ0) is 14.0. The number of alkyl halides is 1. The van der Waals surface area contributed by atoms with Crippen LogP contribution in [-0.4, -0.2) is 0 Å². The molecule has 0 amide bonds. The van der Waals surface area contributed by atoms with E-state index in [1.54, 1.807) is 0 Å². The number of rotatable bonds is 3. The van der Waals surface area contributed by atoms with E-state index in [-0.39, 0.29) is 5.38 Å². The third kappa shape index (κ3) is 3.87. The molecule has 0 saturated carbocycles. The maximum Gasteiger partial charge on any atom is 0.0626 e. The van der Waals surface area contributed by atoms with E-state index in [1.807, 2.05) is 18.2 Å². The molecule has 2 aromatic carbocycles. The average molecular weight is 405 g/mol. The minimum atomic E-state index is -0.0448. The Kier molecular flexibility index (Phi) is 5.15. The average Bonchev–Trinajstić information content (AvgIpc) is 2.37. The van der Waals surface area contributed by atoms with Gasteiger partial charge in [-0.25, -0.2) is 0 Å². The number of hydrogen-bond donors (Lipinski definition) is 0. The fourth-order valence-electron chi connectivity index (χ4n) is 1.96. The van der Waals surface area contributed by atoms with E-state index in [1.165, 1.54) is 16.7 Å². The van der Waals surface area contributed by atoms with E-state index in [9.17, 15) is 0 Å². The predicted octanol–water partition coefficient (Wildman–Crippen LogP) is 6.08. The lowest BCUT2D eigenvalue weighted by atomic mass is 10.0. The smallest absolute Gasteiger partial charge is 0.0626 e. The van der Waals surface area contributed by atoms with Crippen molar-refractivity contribution < 1.29 is 0 Å². The zero-order valence-electron chi connectivity index (χ0n) is 10.9. The maximum absolute atomic E-state index is 6.50. The summed E-state index contributed by atoms with van der Waals surface area (Å²) >= 11 is 14.9. The molecule has 100 valence electrons. The molecule has 3 heteroatoms. The SMILES string of the molecule is Cc1ccc(CC(Cl)c2ccc(I)c(Cl)c2)cc1C. The predicted molar refractivity (Wildman–Crippen MR) is 92.4 cm³/mol. The van der Waals surface area contributed by atoms with Gasteiger partial charge in [-0.3, -0.25) is 0 Å². The van der Waals surface area contributed by atoms with Crippen molar-refractivity contribution in [1.29, 1.82) is 0 Å². The van der Waals surface area contributed by atoms with Crippen molar-refractivity contribution in [2.75, 3.05) is 0 Å². The molecule has 1 atom stereocenters. The first-order valence-electron chi connectivity index (χ1n) is 6.12. The van der Waals surface area contributed by atoms with Crippen molar-refractivity contribution >= 4 is 45.8 Å². The largest absolute Gasteiger partial charge is 0.117 e. The van der Waals surface area contributed by atoms with Crippen LogP contribution in [0.2, 0.25) is 5.02 Å². The van der Waals surface area contributed by atoms with E-state index in [2.05, 4.69) is 54.6 Å². The number of hydrogen-bond acceptors (Lipinski definition) is 0. The molecule has 0 spiro atoms. The fourth-order valence-corrected chi connectivity index (χ4v) is 2.80. The molecule has 0 bridgehead atoms. The van der Waals surface area contributed by atoms with Gasteiger partial charge in [0, 0.05) is 3.57 Å². The molecule has 0 fully saturated rings. The Hall–Kier alpha value is -0.250. The van der Waals surface area contributed by atoms with E-state index < -0.39 is 0 Å². The van der Waals surface area contributed by atoms with Gasteiger partial charge in [0.15, 0.2) is 0 Å². The summed E-state index contributed by atoms with van der Waals surface area (Å²) < 4.78 is 1.05. The van der Waals surface area contributed by atoms with Gasteiger partial charge < -0.3 is 0 Å². The lowest BCUT2D eigenvalue weighted by molar-refractivity contribution is 0.917. The Morgan fingerprint density at radius 3 is 2.42 bits per heavy atom. The second-order valence-electron chi connectivity index (χ2n) is 4.76. The van der Waals surface area contributed by atoms with Gasteiger partial charge in [-0.1, -0.05) is 35.9 Å². The van der Waals surface area contributed by atoms with E-state index >= 15 is 0 Å². The molecule has 0 radical (unpaired) electrons. The van der Waals surface area contributed by atoms with Crippen molar-refractivity contribution in [3.8, 4) is 0 Å². The van der Waals surface area contributed by atoms with Crippen LogP contribution in [0.15, 0.2) is 36.4 Å². The molecule has 1 unspecified atom stereocenters. The first-order chi connectivity index (χ1) is 8.97. The molecule has 19 heavy (non-hydrogen) atoms. The molecule has 0 aromatic heterocycles. The summed E-state index contributed by atoms with van der Waals surface area (Å²) in [5.41, 5.74) is 4.96. The fraction of sp³-hybridized carbons (Fsp3) is 0.250. The lowest BCUT2D eigenvalue weighted by Gasteiger charge is -2.12. The van der Waals surface area contributed by atoms with E-state index in [0.717, 1.165) is 20.6 Å². The van der Waals surface area contributed by atoms with Crippen LogP contribution in [0.1, 0.15) is 27.6 Å². The second kappa shape index (κ2) is 6.47. The standard InChI is InChI=1S/C16H15Cl2I/c1-10-3-4-12(7-11(10)2)8-14(17)13-5-6-16(19)15(18)9-13/h3-7,9,14H,8H2,1-2H3. The van der Waals surface area contributed by atoms with Crippen LogP contribution in [0.4, 0.5) is 0 Å². The number of benzene rings is 2. The van der Waals surface area contributed by atoms with Crippen LogP contribution >= 0.6 is 45.8 Å². The van der Waals surface area contributed by atoms with Crippen molar-refractivity contribution in [2.45, 2.75) is 25.6 Å². The van der Waals surface area contributed by atoms with Gasteiger partial charge in [0.2, 0.25) is 0 Å². The van der Waals surface area contributed by atoms with Crippen LogP contribution in [0.5, 0.6) is 0 Å². The Bertz CT molecular complexity index is 593.